The number of nitrogens with zero attached hydrogens (tertiary/aromatic N) is 2. The van der Waals surface area contributed by atoms with Gasteiger partial charge in [0.05, 0.1) is 27.4 Å². The van der Waals surface area contributed by atoms with Crippen LogP contribution >= 0.6 is 0 Å². The van der Waals surface area contributed by atoms with Crippen molar-refractivity contribution < 1.29 is 56.9 Å². The molecule has 0 aliphatic carbocycles. The van der Waals surface area contributed by atoms with Crippen LogP contribution in [0.2, 0.25) is 36.3 Å². The number of nitrogens with two attached hydrogens (primary N) is 1. The molecule has 1 aromatic heterocycles. The van der Waals surface area contributed by atoms with Crippen LogP contribution in [-0.2, 0) is 47.0 Å². The molecule has 54 heavy (non-hydrogen) atoms. The van der Waals surface area contributed by atoms with Crippen molar-refractivity contribution in [3.8, 4) is 30.4 Å². The molecule has 0 aliphatic heterocycles. The Balaban J connectivity index is 0. The molecule has 2 atom stereocenters. The molecular weight excluding hydrogens is 741 g/mol. The van der Waals surface area contributed by atoms with Crippen LogP contribution in [0.3, 0.4) is 0 Å². The molecule has 0 fully saturated rings. The van der Waals surface area contributed by atoms with Crippen molar-refractivity contribution in [3.63, 3.8) is 0 Å². The quantitative estimate of drug-likeness (QED) is 0.0248. The number of ether oxygens (including phenoxy) is 4. The fourth-order valence-electron chi connectivity index (χ4n) is 3.21. The second-order valence-electron chi connectivity index (χ2n) is 14.1. The normalized spacial score (nSPS) is 13.2. The number of esters is 2. The van der Waals surface area contributed by atoms with E-state index in [0.717, 1.165) is 7.11 Å². The van der Waals surface area contributed by atoms with Crippen molar-refractivity contribution in [1.29, 1.82) is 0 Å². The number of hydrogen-bond donors (Lipinski definition) is 3. The van der Waals surface area contributed by atoms with Crippen molar-refractivity contribution >= 4 is 40.6 Å². The Morgan fingerprint density at radius 2 is 1.43 bits per heavy atom. The molecule has 0 aliphatic rings. The van der Waals surface area contributed by atoms with Crippen LogP contribution in [0.1, 0.15) is 70.9 Å². The van der Waals surface area contributed by atoms with E-state index in [-0.39, 0.29) is 60.1 Å². The lowest BCUT2D eigenvalue weighted by atomic mass is 10.2. The first-order valence-electron chi connectivity index (χ1n) is 16.4. The molecule has 1 aromatic rings. The van der Waals surface area contributed by atoms with Gasteiger partial charge in [-0.2, -0.15) is 9.59 Å². The van der Waals surface area contributed by atoms with E-state index in [1.54, 1.807) is 6.92 Å². The van der Waals surface area contributed by atoms with Gasteiger partial charge in [-0.1, -0.05) is 58.5 Å². The van der Waals surface area contributed by atoms with E-state index >= 15 is 0 Å². The van der Waals surface area contributed by atoms with Gasteiger partial charge in [-0.25, -0.2) is 14.6 Å². The summed E-state index contributed by atoms with van der Waals surface area (Å²) in [6, 6.07) is 0. The molecule has 0 bridgehead atoms. The summed E-state index contributed by atoms with van der Waals surface area (Å²) in [5, 5.41) is 13.4. The third-order valence-electron chi connectivity index (χ3n) is 8.22. The molecule has 17 nitrogen and oxygen atoms in total. The van der Waals surface area contributed by atoms with E-state index in [1.165, 1.54) is 13.2 Å². The standard InChI is InChI=1S/C17H26N2O6Si.C17H30N2O5Si.CO2/c1-8-9-24-10-11(25-26(6,7)17(2,3)4)14-18-12(16(22)23-5)13(20)15(21)19-14;1-9-11-22-12-14(24-25(7,8)17(3,4)5)15(18)19-23-13(10-2)16(20)21-6;2-1-3/h1,11,20H,9-10H2,2-7H3,(H,18,19,21);1,10,14H,11-12H2,2-8H3,(H2,18,19);. The van der Waals surface area contributed by atoms with E-state index in [2.05, 4.69) is 91.1 Å². The minimum atomic E-state index is -2.27. The summed E-state index contributed by atoms with van der Waals surface area (Å²) in [7, 11) is -2.03. The van der Waals surface area contributed by atoms with Crippen molar-refractivity contribution in [1.82, 2.24) is 9.97 Å². The number of oxime groups is 1. The fraction of sp³-hybridized carbons (Fsp3) is 0.600. The molecule has 0 radical (unpaired) electrons. The summed E-state index contributed by atoms with van der Waals surface area (Å²) >= 11 is 0. The van der Waals surface area contributed by atoms with Gasteiger partial charge < -0.3 is 48.5 Å². The third kappa shape index (κ3) is 17.5. The lowest BCUT2D eigenvalue weighted by molar-refractivity contribution is -0.191. The van der Waals surface area contributed by atoms with Gasteiger partial charge in [-0.15, -0.1) is 12.8 Å². The van der Waals surface area contributed by atoms with Gasteiger partial charge in [-0.3, -0.25) is 4.79 Å². The Kier molecular flexibility index (Phi) is 22.8. The average molecular weight is 797 g/mol. The first-order chi connectivity index (χ1) is 24.9. The number of carbonyl (C=O) groups excluding carboxylic acids is 4. The van der Waals surface area contributed by atoms with Gasteiger partial charge in [0.25, 0.3) is 5.56 Å². The van der Waals surface area contributed by atoms with Gasteiger partial charge in [-0.05, 0) is 49.3 Å². The first-order valence-corrected chi connectivity index (χ1v) is 22.2. The Morgan fingerprint density at radius 3 is 1.85 bits per heavy atom. The Bertz CT molecular complexity index is 1610. The van der Waals surface area contributed by atoms with Gasteiger partial charge in [0, 0.05) is 0 Å². The molecule has 0 saturated carbocycles. The molecule has 2 unspecified atom stereocenters. The summed E-state index contributed by atoms with van der Waals surface area (Å²) in [5.41, 5.74) is 4.66. The van der Waals surface area contributed by atoms with Gasteiger partial charge in [0.1, 0.15) is 31.2 Å². The minimum Gasteiger partial charge on any atom is -0.501 e. The van der Waals surface area contributed by atoms with Crippen LogP contribution < -0.4 is 11.3 Å². The Morgan fingerprint density at radius 1 is 0.944 bits per heavy atom. The summed E-state index contributed by atoms with van der Waals surface area (Å²) in [5.74, 6) is 2.42. The largest absolute Gasteiger partial charge is 0.501 e. The molecule has 1 rings (SSSR count). The molecule has 302 valence electrons. The predicted molar refractivity (Wildman–Crippen MR) is 204 cm³/mol. The molecule has 1 heterocycles. The van der Waals surface area contributed by atoms with E-state index in [9.17, 15) is 19.5 Å². The van der Waals surface area contributed by atoms with Crippen LogP contribution in [0, 0.1) is 24.7 Å². The fourth-order valence-corrected chi connectivity index (χ4v) is 5.71. The number of allylic oxidation sites excluding steroid dienone is 1. The highest BCUT2D eigenvalue weighted by atomic mass is 28.4. The van der Waals surface area contributed by atoms with Crippen LogP contribution in [0.4, 0.5) is 0 Å². The summed E-state index contributed by atoms with van der Waals surface area (Å²) in [6.07, 6.45) is 10.7. The zero-order valence-corrected chi connectivity index (χ0v) is 35.5. The number of amidine groups is 1. The monoisotopic (exact) mass is 796 g/mol. The smallest absolute Gasteiger partial charge is 0.376 e. The Labute approximate surface area is 319 Å². The van der Waals surface area contributed by atoms with Gasteiger partial charge >= 0.3 is 18.1 Å². The minimum absolute atomic E-state index is 0.0288. The second kappa shape index (κ2) is 23.9. The van der Waals surface area contributed by atoms with E-state index in [0.29, 0.717) is 0 Å². The van der Waals surface area contributed by atoms with Crippen LogP contribution in [0.5, 0.6) is 5.75 Å². The number of terminal acetylenes is 2. The van der Waals surface area contributed by atoms with E-state index < -0.39 is 57.8 Å². The number of aromatic nitrogens is 2. The molecule has 0 aromatic carbocycles. The second-order valence-corrected chi connectivity index (χ2v) is 23.7. The zero-order valence-electron chi connectivity index (χ0n) is 33.5. The topological polar surface area (TPSA) is 237 Å². The number of hydrogen-bond acceptors (Lipinski definition) is 15. The van der Waals surface area contributed by atoms with E-state index in [4.69, 9.17) is 51.3 Å². The lowest BCUT2D eigenvalue weighted by Crippen LogP contribution is -2.49. The predicted octanol–water partition coefficient (Wildman–Crippen LogP) is 3.78. The SMILES string of the molecule is C#CCOCC(O[Si](C)(C)C(C)(C)C)/C(N)=N/OC(=CC)C(=O)OC.C#CCOCC(O[Si](C)(C)C(C)(C)C)c1nc(C(=O)OC)c(O)c(=O)[nH]1.O=C=O. The maximum atomic E-state index is 12.0. The van der Waals surface area contributed by atoms with E-state index in [1.807, 2.05) is 13.1 Å². The Hall–Kier alpha value is -4.60. The van der Waals surface area contributed by atoms with Gasteiger partial charge in [0.2, 0.25) is 11.5 Å². The number of carbonyl (C=O) groups is 2. The highest BCUT2D eigenvalue weighted by Crippen LogP contribution is 2.40. The number of aromatic hydroxyl groups is 1. The van der Waals surface area contributed by atoms with Gasteiger partial charge in [0.15, 0.2) is 28.2 Å². The van der Waals surface area contributed by atoms with Crippen molar-refractivity contribution in [2.24, 2.45) is 10.9 Å². The number of nitrogens with one attached hydrogen (secondary N) is 1. The molecule has 0 saturated heterocycles. The summed E-state index contributed by atoms with van der Waals surface area (Å²) in [4.78, 5) is 63.1. The van der Waals surface area contributed by atoms with Crippen LogP contribution in [0.15, 0.2) is 21.8 Å². The molecular formula is C35H56N4O13Si2. The number of H-pyrrole nitrogens is 1. The zero-order chi connectivity index (χ0) is 42.5. The molecule has 0 amide bonds. The maximum absolute atomic E-state index is 12.0. The number of aromatic amines is 1. The first kappa shape index (κ1) is 51.5. The van der Waals surface area contributed by atoms with Crippen LogP contribution in [-0.4, -0.2) is 102 Å². The average Bonchev–Trinajstić information content (AvgIpc) is 3.07. The third-order valence-corrected chi connectivity index (χ3v) is 17.2. The van der Waals surface area contributed by atoms with Crippen LogP contribution in [0.25, 0.3) is 0 Å². The number of methoxy groups -OCH3 is 2. The lowest BCUT2D eigenvalue weighted by Gasteiger charge is -2.38. The molecule has 19 heteroatoms. The summed E-state index contributed by atoms with van der Waals surface area (Å²) in [6.45, 7) is 22.7. The highest BCUT2D eigenvalue weighted by Gasteiger charge is 2.41. The molecule has 0 spiro atoms. The number of rotatable bonds is 16. The highest BCUT2D eigenvalue weighted by molar-refractivity contribution is 6.74. The van der Waals surface area contributed by atoms with Crippen molar-refractivity contribution in [2.75, 3.05) is 40.6 Å². The van der Waals surface area contributed by atoms with Crippen molar-refractivity contribution in [2.45, 2.75) is 96.9 Å². The van der Waals surface area contributed by atoms with Crippen molar-refractivity contribution in [3.05, 3.63) is 33.7 Å². The molecule has 4 N–H and O–H groups in total. The summed E-state index contributed by atoms with van der Waals surface area (Å²) < 4.78 is 32.4. The maximum Gasteiger partial charge on any atom is 0.376 e.